The van der Waals surface area contributed by atoms with Gasteiger partial charge in [-0.15, -0.1) is 0 Å². The fraction of sp³-hybridized carbons (Fsp3) is 0.417. The normalized spacial score (nSPS) is 11.3. The van der Waals surface area contributed by atoms with Crippen molar-refractivity contribution in [3.8, 4) is 5.75 Å². The van der Waals surface area contributed by atoms with Crippen molar-refractivity contribution in [3.05, 3.63) is 24.3 Å². The molecule has 1 aromatic rings. The van der Waals surface area contributed by atoms with E-state index in [1.54, 1.807) is 6.07 Å². The number of hydrogen-bond donors (Lipinski definition) is 2. The molecule has 1 rings (SSSR count). The number of hydrogen-bond acceptors (Lipinski definition) is 3. The van der Waals surface area contributed by atoms with Gasteiger partial charge in [0.1, 0.15) is 11.1 Å². The maximum absolute atomic E-state index is 11.5. The van der Waals surface area contributed by atoms with Gasteiger partial charge < -0.3 is 14.5 Å². The standard InChI is InChI=1S/C12H17O5P/c1-2-3-4-9-12(13)17-10-7-5-6-8-11(10)18(14,15)16/h5-8H,2-4,9H2,1H3,(H2,14,15,16). The second-order valence-corrected chi connectivity index (χ2v) is 5.51. The van der Waals surface area contributed by atoms with E-state index in [2.05, 4.69) is 0 Å². The fourth-order valence-electron chi connectivity index (χ4n) is 1.48. The Morgan fingerprint density at radius 3 is 2.56 bits per heavy atom. The summed E-state index contributed by atoms with van der Waals surface area (Å²) in [5.74, 6) is -0.531. The van der Waals surface area contributed by atoms with Crippen molar-refractivity contribution in [1.82, 2.24) is 0 Å². The molecule has 0 aromatic heterocycles. The van der Waals surface area contributed by atoms with Crippen LogP contribution in [0.2, 0.25) is 0 Å². The summed E-state index contributed by atoms with van der Waals surface area (Å²) in [4.78, 5) is 29.7. The summed E-state index contributed by atoms with van der Waals surface area (Å²) in [7, 11) is -4.42. The van der Waals surface area contributed by atoms with Crippen molar-refractivity contribution >= 4 is 18.9 Å². The number of benzene rings is 1. The second-order valence-electron chi connectivity index (χ2n) is 3.94. The van der Waals surface area contributed by atoms with Crippen LogP contribution in [0.4, 0.5) is 0 Å². The van der Waals surface area contributed by atoms with Gasteiger partial charge >= 0.3 is 13.6 Å². The van der Waals surface area contributed by atoms with E-state index in [-0.39, 0.29) is 17.5 Å². The Kier molecular flexibility index (Phi) is 5.54. The number of para-hydroxylation sites is 1. The summed E-state index contributed by atoms with van der Waals surface area (Å²) >= 11 is 0. The van der Waals surface area contributed by atoms with E-state index in [4.69, 9.17) is 14.5 Å². The van der Waals surface area contributed by atoms with Gasteiger partial charge in [-0.25, -0.2) is 0 Å². The van der Waals surface area contributed by atoms with Crippen LogP contribution in [-0.4, -0.2) is 15.8 Å². The molecule has 0 saturated carbocycles. The lowest BCUT2D eigenvalue weighted by molar-refractivity contribution is -0.134. The molecule has 0 amide bonds. The number of esters is 1. The minimum absolute atomic E-state index is 0.0627. The average Bonchev–Trinajstić information content (AvgIpc) is 2.28. The van der Waals surface area contributed by atoms with Gasteiger partial charge in [0.25, 0.3) is 0 Å². The van der Waals surface area contributed by atoms with Crippen molar-refractivity contribution in [3.63, 3.8) is 0 Å². The summed E-state index contributed by atoms with van der Waals surface area (Å²) in [5, 5.41) is -0.256. The van der Waals surface area contributed by atoms with E-state index in [1.165, 1.54) is 18.2 Å². The van der Waals surface area contributed by atoms with Crippen LogP contribution in [0.25, 0.3) is 0 Å². The van der Waals surface area contributed by atoms with Crippen LogP contribution in [0, 0.1) is 0 Å². The summed E-state index contributed by atoms with van der Waals surface area (Å²) in [5.41, 5.74) is 0. The first-order valence-corrected chi connectivity index (χ1v) is 7.42. The molecule has 0 heterocycles. The maximum Gasteiger partial charge on any atom is 0.359 e. The zero-order valence-electron chi connectivity index (χ0n) is 10.2. The molecule has 1 aromatic carbocycles. The maximum atomic E-state index is 11.5. The number of unbranched alkanes of at least 4 members (excludes halogenated alkanes) is 2. The highest BCUT2D eigenvalue weighted by molar-refractivity contribution is 7.60. The first-order valence-electron chi connectivity index (χ1n) is 5.81. The highest BCUT2D eigenvalue weighted by Gasteiger charge is 2.23. The third-order valence-electron chi connectivity index (χ3n) is 2.39. The minimum atomic E-state index is -4.42. The number of carbonyl (C=O) groups excluding carboxylic acids is 1. The summed E-state index contributed by atoms with van der Waals surface area (Å²) in [6, 6.07) is 5.69. The molecule has 0 aliphatic carbocycles. The Morgan fingerprint density at radius 1 is 1.28 bits per heavy atom. The molecule has 5 nitrogen and oxygen atoms in total. The van der Waals surface area contributed by atoms with E-state index < -0.39 is 13.6 Å². The van der Waals surface area contributed by atoms with Crippen LogP contribution in [0.1, 0.15) is 32.6 Å². The van der Waals surface area contributed by atoms with Gasteiger partial charge in [-0.3, -0.25) is 9.36 Å². The highest BCUT2D eigenvalue weighted by Crippen LogP contribution is 2.37. The zero-order valence-corrected chi connectivity index (χ0v) is 11.1. The molecule has 0 aliphatic heterocycles. The van der Waals surface area contributed by atoms with Gasteiger partial charge in [0.2, 0.25) is 0 Å². The lowest BCUT2D eigenvalue weighted by Gasteiger charge is -2.10. The number of carbonyl (C=O) groups is 1. The average molecular weight is 272 g/mol. The molecule has 0 unspecified atom stereocenters. The molecule has 0 atom stereocenters. The first kappa shape index (κ1) is 14.9. The molecule has 18 heavy (non-hydrogen) atoms. The second kappa shape index (κ2) is 6.69. The largest absolute Gasteiger partial charge is 0.426 e. The van der Waals surface area contributed by atoms with Gasteiger partial charge in [0.15, 0.2) is 0 Å². The summed E-state index contributed by atoms with van der Waals surface area (Å²) < 4.78 is 16.2. The fourth-order valence-corrected chi connectivity index (χ4v) is 2.16. The first-order chi connectivity index (χ1) is 8.45. The van der Waals surface area contributed by atoms with Crippen molar-refractivity contribution < 1.29 is 23.9 Å². The number of ether oxygens (including phenoxy) is 1. The highest BCUT2D eigenvalue weighted by atomic mass is 31.2. The van der Waals surface area contributed by atoms with Crippen molar-refractivity contribution in [2.24, 2.45) is 0 Å². The van der Waals surface area contributed by atoms with Gasteiger partial charge in [0, 0.05) is 6.42 Å². The van der Waals surface area contributed by atoms with Gasteiger partial charge in [-0.05, 0) is 18.6 Å². The Hall–Kier alpha value is -1.16. The van der Waals surface area contributed by atoms with E-state index >= 15 is 0 Å². The molecule has 0 radical (unpaired) electrons. The third kappa shape index (κ3) is 4.61. The van der Waals surface area contributed by atoms with Crippen LogP contribution >= 0.6 is 7.60 Å². The van der Waals surface area contributed by atoms with Crippen LogP contribution in [-0.2, 0) is 9.36 Å². The Labute approximate surface area is 106 Å². The SMILES string of the molecule is CCCCCC(=O)Oc1ccccc1P(=O)(O)O. The molecular formula is C12H17O5P. The molecular weight excluding hydrogens is 255 g/mol. The van der Waals surface area contributed by atoms with Gasteiger partial charge in [-0.1, -0.05) is 31.9 Å². The van der Waals surface area contributed by atoms with E-state index in [9.17, 15) is 9.36 Å². The predicted molar refractivity (Wildman–Crippen MR) is 67.9 cm³/mol. The Balaban J connectivity index is 2.73. The van der Waals surface area contributed by atoms with Crippen molar-refractivity contribution in [1.29, 1.82) is 0 Å². The lowest BCUT2D eigenvalue weighted by Crippen LogP contribution is -2.15. The van der Waals surface area contributed by atoms with Crippen LogP contribution in [0.15, 0.2) is 24.3 Å². The molecule has 100 valence electrons. The predicted octanol–water partition coefficient (Wildman–Crippen LogP) is 1.98. The molecule has 0 fully saturated rings. The quantitative estimate of drug-likeness (QED) is 0.358. The number of rotatable bonds is 6. The summed E-state index contributed by atoms with van der Waals surface area (Å²) in [6.45, 7) is 2.02. The van der Waals surface area contributed by atoms with Gasteiger partial charge in [-0.2, -0.15) is 0 Å². The zero-order chi connectivity index (χ0) is 13.6. The third-order valence-corrected chi connectivity index (χ3v) is 3.38. The molecule has 6 heteroatoms. The van der Waals surface area contributed by atoms with Gasteiger partial charge in [0.05, 0.1) is 0 Å². The molecule has 0 spiro atoms. The molecule has 0 saturated heterocycles. The van der Waals surface area contributed by atoms with E-state index in [0.717, 1.165) is 12.8 Å². The van der Waals surface area contributed by atoms with E-state index in [1.807, 2.05) is 6.92 Å². The van der Waals surface area contributed by atoms with E-state index in [0.29, 0.717) is 6.42 Å². The minimum Gasteiger partial charge on any atom is -0.426 e. The molecule has 0 aliphatic rings. The Morgan fingerprint density at radius 2 is 1.94 bits per heavy atom. The van der Waals surface area contributed by atoms with Crippen molar-refractivity contribution in [2.45, 2.75) is 32.6 Å². The van der Waals surface area contributed by atoms with Crippen LogP contribution in [0.3, 0.4) is 0 Å². The smallest absolute Gasteiger partial charge is 0.359 e. The summed E-state index contributed by atoms with van der Waals surface area (Å²) in [6.07, 6.45) is 2.89. The Bertz CT molecular complexity index is 452. The lowest BCUT2D eigenvalue weighted by atomic mass is 10.2. The molecule has 0 bridgehead atoms. The van der Waals surface area contributed by atoms with Crippen molar-refractivity contribution in [2.75, 3.05) is 0 Å². The van der Waals surface area contributed by atoms with Crippen LogP contribution < -0.4 is 10.0 Å². The monoisotopic (exact) mass is 272 g/mol. The molecule has 2 N–H and O–H groups in total. The topological polar surface area (TPSA) is 83.8 Å². The van der Waals surface area contributed by atoms with Crippen LogP contribution in [0.5, 0.6) is 5.75 Å².